The number of para-hydroxylation sites is 1. The number of ether oxygens (including phenoxy) is 1. The number of hydrogen-bond donors (Lipinski definition) is 0. The first-order valence-corrected chi connectivity index (χ1v) is 7.29. The van der Waals surface area contributed by atoms with E-state index in [4.69, 9.17) is 14.5 Å². The molecule has 0 N–H and O–H groups in total. The second kappa shape index (κ2) is 4.72. The molecule has 2 aromatic heterocycles. The normalized spacial score (nSPS) is 16.2. The molecule has 0 saturated carbocycles. The summed E-state index contributed by atoms with van der Waals surface area (Å²) in [6.07, 6.45) is 0.496. The second-order valence-corrected chi connectivity index (χ2v) is 5.57. The van der Waals surface area contributed by atoms with E-state index in [1.165, 1.54) is 11.3 Å². The topological polar surface area (TPSA) is 71.9 Å². The van der Waals surface area contributed by atoms with Crippen LogP contribution in [-0.4, -0.2) is 10.1 Å². The van der Waals surface area contributed by atoms with E-state index in [9.17, 15) is 0 Å². The van der Waals surface area contributed by atoms with Crippen LogP contribution >= 0.6 is 11.3 Å². The van der Waals surface area contributed by atoms with Crippen molar-refractivity contribution in [1.29, 1.82) is 5.26 Å². The Morgan fingerprint density at radius 3 is 3.05 bits per heavy atom. The summed E-state index contributed by atoms with van der Waals surface area (Å²) < 4.78 is 11.1. The van der Waals surface area contributed by atoms with Crippen LogP contribution in [0.5, 0.6) is 5.75 Å². The van der Waals surface area contributed by atoms with Crippen LogP contribution in [0.15, 0.2) is 40.2 Å². The maximum atomic E-state index is 9.05. The summed E-state index contributed by atoms with van der Waals surface area (Å²) in [5.74, 6) is 1.75. The Labute approximate surface area is 124 Å². The van der Waals surface area contributed by atoms with Gasteiger partial charge < -0.3 is 9.26 Å². The number of fused-ring (bicyclic) bond motifs is 1. The highest BCUT2D eigenvalue weighted by Gasteiger charge is 2.28. The molecule has 3 aromatic rings. The van der Waals surface area contributed by atoms with Gasteiger partial charge in [-0.25, -0.2) is 0 Å². The van der Waals surface area contributed by atoms with E-state index >= 15 is 0 Å². The summed E-state index contributed by atoms with van der Waals surface area (Å²) in [6, 6.07) is 11.7. The van der Waals surface area contributed by atoms with Crippen molar-refractivity contribution < 1.29 is 9.26 Å². The third kappa shape index (κ3) is 1.99. The number of rotatable bonds is 2. The first kappa shape index (κ1) is 12.1. The van der Waals surface area contributed by atoms with E-state index in [0.29, 0.717) is 22.2 Å². The van der Waals surface area contributed by atoms with Gasteiger partial charge in [-0.3, -0.25) is 0 Å². The Balaban J connectivity index is 1.64. The molecule has 1 aliphatic heterocycles. The van der Waals surface area contributed by atoms with Crippen LogP contribution in [-0.2, 0) is 6.42 Å². The van der Waals surface area contributed by atoms with Gasteiger partial charge >= 0.3 is 0 Å². The lowest BCUT2D eigenvalue weighted by atomic mass is 10.1. The summed E-state index contributed by atoms with van der Waals surface area (Å²) in [5.41, 5.74) is 1.69. The smallest absolute Gasteiger partial charge is 0.269 e. The first-order chi connectivity index (χ1) is 10.3. The van der Waals surface area contributed by atoms with Gasteiger partial charge in [0.2, 0.25) is 5.82 Å². The van der Waals surface area contributed by atoms with Crippen LogP contribution in [0.3, 0.4) is 0 Å². The van der Waals surface area contributed by atoms with Crippen molar-refractivity contribution in [1.82, 2.24) is 10.1 Å². The number of thiophene rings is 1. The van der Waals surface area contributed by atoms with Gasteiger partial charge in [0.15, 0.2) is 6.10 Å². The van der Waals surface area contributed by atoms with Gasteiger partial charge in [-0.1, -0.05) is 23.4 Å². The maximum absolute atomic E-state index is 9.05. The molecule has 0 radical (unpaired) electrons. The maximum Gasteiger partial charge on any atom is 0.269 e. The Bertz CT molecular complexity index is 821. The standard InChI is InChI=1S/C15H9N3O2S/c16-8-10-5-6-21-13(10)15-17-14(18-20-15)12-7-9-3-1-2-4-11(9)19-12/h1-6,12H,7H2. The molecule has 1 unspecified atom stereocenters. The molecule has 0 spiro atoms. The van der Waals surface area contributed by atoms with Gasteiger partial charge in [0.05, 0.1) is 5.56 Å². The number of hydrogen-bond acceptors (Lipinski definition) is 6. The molecule has 0 aliphatic carbocycles. The SMILES string of the molecule is N#Cc1ccsc1-c1nc(C2Cc3ccccc3O2)no1. The predicted octanol–water partition coefficient (Wildman–Crippen LogP) is 3.35. The summed E-state index contributed by atoms with van der Waals surface area (Å²) >= 11 is 1.41. The van der Waals surface area contributed by atoms with Crippen molar-refractivity contribution in [2.45, 2.75) is 12.5 Å². The minimum Gasteiger partial charge on any atom is -0.482 e. The molecule has 6 heteroatoms. The van der Waals surface area contributed by atoms with Gasteiger partial charge in [-0.2, -0.15) is 10.2 Å². The molecule has 21 heavy (non-hydrogen) atoms. The fourth-order valence-corrected chi connectivity index (χ4v) is 3.11. The molecule has 1 aromatic carbocycles. The lowest BCUT2D eigenvalue weighted by Crippen LogP contribution is -2.05. The minimum atomic E-state index is -0.231. The lowest BCUT2D eigenvalue weighted by molar-refractivity contribution is 0.221. The largest absolute Gasteiger partial charge is 0.482 e. The number of aromatic nitrogens is 2. The number of nitrogens with zero attached hydrogens (tertiary/aromatic N) is 3. The zero-order valence-electron chi connectivity index (χ0n) is 10.8. The Morgan fingerprint density at radius 1 is 1.29 bits per heavy atom. The van der Waals surface area contributed by atoms with Crippen molar-refractivity contribution in [3.63, 3.8) is 0 Å². The highest BCUT2D eigenvalue weighted by atomic mass is 32.1. The molecule has 0 fully saturated rings. The molecule has 1 aliphatic rings. The molecule has 4 rings (SSSR count). The molecule has 0 bridgehead atoms. The van der Waals surface area contributed by atoms with Crippen LogP contribution in [0.25, 0.3) is 10.8 Å². The van der Waals surface area contributed by atoms with Crippen LogP contribution < -0.4 is 4.74 Å². The third-order valence-electron chi connectivity index (χ3n) is 3.36. The van der Waals surface area contributed by atoms with Crippen molar-refractivity contribution in [2.24, 2.45) is 0 Å². The van der Waals surface area contributed by atoms with Gasteiger partial charge in [0, 0.05) is 6.42 Å². The monoisotopic (exact) mass is 295 g/mol. The molecule has 5 nitrogen and oxygen atoms in total. The lowest BCUT2D eigenvalue weighted by Gasteiger charge is -2.04. The zero-order valence-corrected chi connectivity index (χ0v) is 11.6. The molecular formula is C15H9N3O2S. The van der Waals surface area contributed by atoms with Crippen LogP contribution in [0.1, 0.15) is 23.1 Å². The van der Waals surface area contributed by atoms with E-state index in [-0.39, 0.29) is 6.10 Å². The van der Waals surface area contributed by atoms with Crippen LogP contribution in [0, 0.1) is 11.3 Å². The predicted molar refractivity (Wildman–Crippen MR) is 75.8 cm³/mol. The minimum absolute atomic E-state index is 0.231. The highest BCUT2D eigenvalue weighted by molar-refractivity contribution is 7.13. The van der Waals surface area contributed by atoms with E-state index < -0.39 is 0 Å². The quantitative estimate of drug-likeness (QED) is 0.725. The molecular weight excluding hydrogens is 286 g/mol. The molecule has 0 saturated heterocycles. The van der Waals surface area contributed by atoms with Crippen molar-refractivity contribution in [3.05, 3.63) is 52.7 Å². The molecule has 3 heterocycles. The van der Waals surface area contributed by atoms with E-state index in [2.05, 4.69) is 16.2 Å². The average Bonchev–Trinajstić information content (AvgIpc) is 3.23. The molecule has 1 atom stereocenters. The van der Waals surface area contributed by atoms with E-state index in [1.54, 1.807) is 6.07 Å². The Morgan fingerprint density at radius 2 is 2.19 bits per heavy atom. The summed E-state index contributed by atoms with van der Waals surface area (Å²) in [5, 5.41) is 14.9. The fourth-order valence-electron chi connectivity index (χ4n) is 2.35. The first-order valence-electron chi connectivity index (χ1n) is 6.41. The summed E-state index contributed by atoms with van der Waals surface area (Å²) in [6.45, 7) is 0. The van der Waals surface area contributed by atoms with Crippen molar-refractivity contribution in [2.75, 3.05) is 0 Å². The van der Waals surface area contributed by atoms with Crippen LogP contribution in [0.4, 0.5) is 0 Å². The molecule has 0 amide bonds. The zero-order chi connectivity index (χ0) is 14.2. The summed E-state index contributed by atoms with van der Waals surface area (Å²) in [7, 11) is 0. The van der Waals surface area contributed by atoms with Gasteiger partial charge in [0.25, 0.3) is 5.89 Å². The summed E-state index contributed by atoms with van der Waals surface area (Å²) in [4.78, 5) is 5.08. The Hall–Kier alpha value is -2.65. The van der Waals surface area contributed by atoms with Gasteiger partial charge in [-0.05, 0) is 23.1 Å². The third-order valence-corrected chi connectivity index (χ3v) is 4.26. The average molecular weight is 295 g/mol. The highest BCUT2D eigenvalue weighted by Crippen LogP contribution is 2.36. The van der Waals surface area contributed by atoms with E-state index in [1.807, 2.05) is 29.6 Å². The van der Waals surface area contributed by atoms with E-state index in [0.717, 1.165) is 17.7 Å². The van der Waals surface area contributed by atoms with Gasteiger partial charge in [0.1, 0.15) is 16.7 Å². The fraction of sp³-hybridized carbons (Fsp3) is 0.133. The van der Waals surface area contributed by atoms with Gasteiger partial charge in [-0.15, -0.1) is 11.3 Å². The number of nitriles is 1. The van der Waals surface area contributed by atoms with Crippen molar-refractivity contribution >= 4 is 11.3 Å². The molecule has 102 valence electrons. The number of benzene rings is 1. The van der Waals surface area contributed by atoms with Crippen molar-refractivity contribution in [3.8, 4) is 22.6 Å². The second-order valence-electron chi connectivity index (χ2n) is 4.65. The Kier molecular flexibility index (Phi) is 2.72. The van der Waals surface area contributed by atoms with Crippen LogP contribution in [0.2, 0.25) is 0 Å².